The van der Waals surface area contributed by atoms with E-state index < -0.39 is 10.0 Å². The molecule has 0 aliphatic heterocycles. The van der Waals surface area contributed by atoms with Gasteiger partial charge in [-0.1, -0.05) is 5.16 Å². The lowest BCUT2D eigenvalue weighted by Crippen LogP contribution is -2.39. The predicted octanol–water partition coefficient (Wildman–Crippen LogP) is 0.681. The Balaban J connectivity index is 0.00000256. The lowest BCUT2D eigenvalue weighted by Gasteiger charge is -2.22. The topological polar surface area (TPSA) is 89.4 Å². The molecule has 8 heteroatoms. The van der Waals surface area contributed by atoms with Gasteiger partial charge in [0, 0.05) is 19.6 Å². The van der Waals surface area contributed by atoms with E-state index in [4.69, 9.17) is 10.3 Å². The molecule has 1 aromatic rings. The number of aryl methyl sites for hydroxylation is 2. The summed E-state index contributed by atoms with van der Waals surface area (Å²) in [6.07, 6.45) is 0. The molecular formula is C9H18ClN3O3S. The van der Waals surface area contributed by atoms with E-state index in [1.165, 1.54) is 11.4 Å². The molecule has 0 spiro atoms. The Labute approximate surface area is 108 Å². The maximum absolute atomic E-state index is 12.2. The fourth-order valence-electron chi connectivity index (χ4n) is 1.37. The number of rotatable bonds is 4. The fraction of sp³-hybridized carbons (Fsp3) is 0.667. The third-order valence-electron chi connectivity index (χ3n) is 2.57. The average molecular weight is 284 g/mol. The minimum atomic E-state index is -3.57. The highest BCUT2D eigenvalue weighted by Crippen LogP contribution is 2.23. The monoisotopic (exact) mass is 283 g/mol. The van der Waals surface area contributed by atoms with Crippen molar-refractivity contribution in [2.75, 3.05) is 13.6 Å². The van der Waals surface area contributed by atoms with Gasteiger partial charge in [0.2, 0.25) is 10.0 Å². The number of nitrogens with two attached hydrogens (primary N) is 1. The zero-order valence-electron chi connectivity index (χ0n) is 10.3. The van der Waals surface area contributed by atoms with Crippen LogP contribution in [0.5, 0.6) is 0 Å². The van der Waals surface area contributed by atoms with E-state index in [9.17, 15) is 8.42 Å². The van der Waals surface area contributed by atoms with Gasteiger partial charge in [-0.15, -0.1) is 12.4 Å². The zero-order chi connectivity index (χ0) is 12.5. The molecule has 0 saturated heterocycles. The van der Waals surface area contributed by atoms with Crippen LogP contribution in [-0.4, -0.2) is 37.5 Å². The number of sulfonamides is 1. The predicted molar refractivity (Wildman–Crippen MR) is 66.7 cm³/mol. The van der Waals surface area contributed by atoms with Crippen LogP contribution in [-0.2, 0) is 10.0 Å². The largest absolute Gasteiger partial charge is 0.360 e. The van der Waals surface area contributed by atoms with Crippen LogP contribution in [0.3, 0.4) is 0 Å². The first-order chi connectivity index (χ1) is 7.32. The summed E-state index contributed by atoms with van der Waals surface area (Å²) >= 11 is 0. The molecule has 0 radical (unpaired) electrons. The lowest BCUT2D eigenvalue weighted by molar-refractivity contribution is 0.383. The highest BCUT2D eigenvalue weighted by molar-refractivity contribution is 7.89. The molecule has 0 amide bonds. The molecule has 0 fully saturated rings. The molecule has 0 bridgehead atoms. The Bertz CT molecular complexity index is 452. The Morgan fingerprint density at radius 2 is 2.00 bits per heavy atom. The van der Waals surface area contributed by atoms with Crippen LogP contribution in [0.15, 0.2) is 9.42 Å². The quantitative estimate of drug-likeness (QED) is 0.878. The molecule has 0 saturated carbocycles. The van der Waals surface area contributed by atoms with Crippen molar-refractivity contribution in [2.24, 2.45) is 5.73 Å². The standard InChI is InChI=1S/C9H17N3O3S.ClH/c1-6(5-10)12(4)16(13,14)9-7(2)11-15-8(9)3;/h6H,5,10H2,1-4H3;1H. The smallest absolute Gasteiger partial charge is 0.248 e. The number of nitrogens with zero attached hydrogens (tertiary/aromatic N) is 2. The first-order valence-electron chi connectivity index (χ1n) is 4.93. The van der Waals surface area contributed by atoms with Crippen LogP contribution < -0.4 is 5.73 Å². The van der Waals surface area contributed by atoms with E-state index in [0.29, 0.717) is 11.5 Å². The molecule has 17 heavy (non-hydrogen) atoms. The maximum Gasteiger partial charge on any atom is 0.248 e. The number of hydrogen-bond donors (Lipinski definition) is 1. The van der Waals surface area contributed by atoms with Gasteiger partial charge in [0.05, 0.1) is 0 Å². The van der Waals surface area contributed by atoms with Gasteiger partial charge in [-0.2, -0.15) is 4.31 Å². The van der Waals surface area contributed by atoms with Gasteiger partial charge in [0.25, 0.3) is 0 Å². The molecular weight excluding hydrogens is 266 g/mol. The number of likely N-dealkylation sites (N-methyl/N-ethyl adjacent to an activating group) is 1. The Morgan fingerprint density at radius 1 is 1.47 bits per heavy atom. The van der Waals surface area contributed by atoms with Crippen molar-refractivity contribution >= 4 is 22.4 Å². The van der Waals surface area contributed by atoms with Crippen molar-refractivity contribution in [1.82, 2.24) is 9.46 Å². The Kier molecular flexibility index (Phi) is 5.60. The van der Waals surface area contributed by atoms with Crippen LogP contribution in [0.25, 0.3) is 0 Å². The summed E-state index contributed by atoms with van der Waals surface area (Å²) in [6.45, 7) is 5.19. The van der Waals surface area contributed by atoms with E-state index in [1.54, 1.807) is 20.8 Å². The van der Waals surface area contributed by atoms with Crippen LogP contribution in [0, 0.1) is 13.8 Å². The second-order valence-electron chi connectivity index (χ2n) is 3.76. The molecule has 1 rings (SSSR count). The van der Waals surface area contributed by atoms with Gasteiger partial charge in [0.1, 0.15) is 10.6 Å². The van der Waals surface area contributed by atoms with Crippen molar-refractivity contribution in [3.8, 4) is 0 Å². The van der Waals surface area contributed by atoms with Crippen LogP contribution in [0.4, 0.5) is 0 Å². The zero-order valence-corrected chi connectivity index (χ0v) is 11.9. The van der Waals surface area contributed by atoms with Crippen molar-refractivity contribution in [3.05, 3.63) is 11.5 Å². The third kappa shape index (κ3) is 2.98. The molecule has 0 aromatic carbocycles. The number of hydrogen-bond acceptors (Lipinski definition) is 5. The van der Waals surface area contributed by atoms with Gasteiger partial charge in [-0.05, 0) is 20.8 Å². The normalized spacial score (nSPS) is 13.5. The van der Waals surface area contributed by atoms with Crippen molar-refractivity contribution < 1.29 is 12.9 Å². The molecule has 1 unspecified atom stereocenters. The van der Waals surface area contributed by atoms with Gasteiger partial charge in [-0.3, -0.25) is 0 Å². The van der Waals surface area contributed by atoms with Crippen LogP contribution in [0.1, 0.15) is 18.4 Å². The van der Waals surface area contributed by atoms with Crippen molar-refractivity contribution in [2.45, 2.75) is 31.7 Å². The van der Waals surface area contributed by atoms with E-state index in [-0.39, 0.29) is 29.9 Å². The molecule has 100 valence electrons. The Morgan fingerprint density at radius 3 is 2.35 bits per heavy atom. The van der Waals surface area contributed by atoms with E-state index >= 15 is 0 Å². The summed E-state index contributed by atoms with van der Waals surface area (Å²) in [6, 6.07) is -0.265. The summed E-state index contributed by atoms with van der Waals surface area (Å²) in [5.74, 6) is 0.300. The molecule has 0 aliphatic carbocycles. The molecule has 0 aliphatic rings. The first kappa shape index (κ1) is 16.4. The number of aromatic nitrogens is 1. The highest BCUT2D eigenvalue weighted by Gasteiger charge is 2.30. The van der Waals surface area contributed by atoms with Crippen molar-refractivity contribution in [1.29, 1.82) is 0 Å². The summed E-state index contributed by atoms with van der Waals surface area (Å²) in [4.78, 5) is 0.135. The van der Waals surface area contributed by atoms with Crippen LogP contribution >= 0.6 is 12.4 Å². The second kappa shape index (κ2) is 5.81. The lowest BCUT2D eigenvalue weighted by atomic mass is 10.4. The van der Waals surface area contributed by atoms with E-state index in [2.05, 4.69) is 5.16 Å². The minimum absolute atomic E-state index is 0. The fourth-order valence-corrected chi connectivity index (χ4v) is 3.03. The van der Waals surface area contributed by atoms with Gasteiger partial charge in [0.15, 0.2) is 5.76 Å². The molecule has 2 N–H and O–H groups in total. The highest BCUT2D eigenvalue weighted by atomic mass is 35.5. The SMILES string of the molecule is Cc1noc(C)c1S(=O)(=O)N(C)C(C)CN.Cl. The molecule has 1 aromatic heterocycles. The summed E-state index contributed by atoms with van der Waals surface area (Å²) in [5.41, 5.74) is 5.82. The second-order valence-corrected chi connectivity index (χ2v) is 5.69. The maximum atomic E-state index is 12.2. The van der Waals surface area contributed by atoms with Crippen molar-refractivity contribution in [3.63, 3.8) is 0 Å². The van der Waals surface area contributed by atoms with Gasteiger partial charge >= 0.3 is 0 Å². The molecule has 6 nitrogen and oxygen atoms in total. The molecule has 1 atom stereocenters. The number of halogens is 1. The van der Waals surface area contributed by atoms with Gasteiger partial charge < -0.3 is 10.3 Å². The summed E-state index contributed by atoms with van der Waals surface area (Å²) in [5, 5.41) is 3.64. The van der Waals surface area contributed by atoms with Gasteiger partial charge in [-0.25, -0.2) is 8.42 Å². The summed E-state index contributed by atoms with van der Waals surface area (Å²) < 4.78 is 30.5. The molecule has 1 heterocycles. The summed E-state index contributed by atoms with van der Waals surface area (Å²) in [7, 11) is -2.07. The Hall–Kier alpha value is -0.630. The first-order valence-corrected chi connectivity index (χ1v) is 6.37. The van der Waals surface area contributed by atoms with E-state index in [1.807, 2.05) is 0 Å². The van der Waals surface area contributed by atoms with E-state index in [0.717, 1.165) is 0 Å². The van der Waals surface area contributed by atoms with Crippen LogP contribution in [0.2, 0.25) is 0 Å². The third-order valence-corrected chi connectivity index (χ3v) is 4.78. The minimum Gasteiger partial charge on any atom is -0.360 e. The average Bonchev–Trinajstić information content (AvgIpc) is 2.56.